The maximum atomic E-state index is 13.1. The summed E-state index contributed by atoms with van der Waals surface area (Å²) < 4.78 is 13.1. The highest BCUT2D eigenvalue weighted by Crippen LogP contribution is 2.51. The van der Waals surface area contributed by atoms with Crippen LogP contribution in [-0.4, -0.2) is 56.0 Å². The zero-order valence-electron chi connectivity index (χ0n) is 17.9. The van der Waals surface area contributed by atoms with Crippen LogP contribution in [-0.2, 0) is 0 Å². The molecular formula is C25H30FN3O. The van der Waals surface area contributed by atoms with Gasteiger partial charge in [-0.3, -0.25) is 4.79 Å². The number of benzene rings is 2. The Morgan fingerprint density at radius 1 is 1.13 bits per heavy atom. The molecule has 158 valence electrons. The molecule has 0 radical (unpaired) electrons. The van der Waals surface area contributed by atoms with Crippen LogP contribution in [0.25, 0.3) is 0 Å². The maximum Gasteiger partial charge on any atom is 0.162 e. The molecule has 3 aliphatic rings. The summed E-state index contributed by atoms with van der Waals surface area (Å²) in [6.45, 7) is 6.54. The quantitative estimate of drug-likeness (QED) is 0.691. The Morgan fingerprint density at radius 3 is 2.73 bits per heavy atom. The second kappa shape index (κ2) is 7.69. The van der Waals surface area contributed by atoms with Crippen molar-refractivity contribution in [3.05, 3.63) is 59.4 Å². The van der Waals surface area contributed by atoms with E-state index in [-0.39, 0.29) is 11.6 Å². The number of hydrogen-bond donors (Lipinski definition) is 0. The van der Waals surface area contributed by atoms with Gasteiger partial charge in [-0.25, -0.2) is 4.39 Å². The van der Waals surface area contributed by atoms with Crippen molar-refractivity contribution in [1.82, 2.24) is 4.90 Å². The summed E-state index contributed by atoms with van der Waals surface area (Å²) in [5, 5.41) is 0. The number of halogens is 1. The van der Waals surface area contributed by atoms with Crippen molar-refractivity contribution in [2.45, 2.75) is 44.2 Å². The summed E-state index contributed by atoms with van der Waals surface area (Å²) in [6.07, 6.45) is 2.55. The minimum atomic E-state index is -0.298. The van der Waals surface area contributed by atoms with E-state index in [1.807, 2.05) is 0 Å². The minimum absolute atomic E-state index is 0.106. The number of carbonyl (C=O) groups excluding carboxylic acids is 1. The third-order valence-corrected chi connectivity index (χ3v) is 7.19. The number of fused-ring (bicyclic) bond motifs is 3. The molecule has 30 heavy (non-hydrogen) atoms. The van der Waals surface area contributed by atoms with Crippen LogP contribution in [0.1, 0.15) is 48.0 Å². The van der Waals surface area contributed by atoms with E-state index in [0.29, 0.717) is 30.0 Å². The molecule has 0 N–H and O–H groups in total. The van der Waals surface area contributed by atoms with Gasteiger partial charge in [-0.1, -0.05) is 12.1 Å². The van der Waals surface area contributed by atoms with Crippen molar-refractivity contribution in [2.24, 2.45) is 0 Å². The summed E-state index contributed by atoms with van der Waals surface area (Å²) in [6, 6.07) is 13.8. The fourth-order valence-electron chi connectivity index (χ4n) is 5.83. The minimum Gasteiger partial charge on any atom is -0.371 e. The molecule has 5 rings (SSSR count). The summed E-state index contributed by atoms with van der Waals surface area (Å²) in [5.74, 6) is 0.359. The SMILES string of the molecule is CC1CN(C)c2cccc3c2N1[C@H]1CCN(CCCC(=O)c2ccc(F)cc2)C[C@@H]31. The average Bonchev–Trinajstić information content (AvgIpc) is 3.07. The number of carbonyl (C=O) groups is 1. The number of likely N-dealkylation sites (N-methyl/N-ethyl adjacent to an activating group) is 1. The number of para-hydroxylation sites is 1. The highest BCUT2D eigenvalue weighted by Gasteiger charge is 2.46. The van der Waals surface area contributed by atoms with Crippen LogP contribution in [0.4, 0.5) is 15.8 Å². The summed E-state index contributed by atoms with van der Waals surface area (Å²) in [5.41, 5.74) is 4.95. The lowest BCUT2D eigenvalue weighted by Crippen LogP contribution is -2.53. The van der Waals surface area contributed by atoms with Crippen molar-refractivity contribution < 1.29 is 9.18 Å². The first kappa shape index (κ1) is 19.6. The number of hydrogen-bond acceptors (Lipinski definition) is 4. The number of ketones is 1. The summed E-state index contributed by atoms with van der Waals surface area (Å²) in [4.78, 5) is 20.0. The molecule has 0 aromatic heterocycles. The van der Waals surface area contributed by atoms with E-state index in [2.05, 4.69) is 46.9 Å². The van der Waals surface area contributed by atoms with Gasteiger partial charge in [-0.05, 0) is 62.2 Å². The van der Waals surface area contributed by atoms with E-state index in [9.17, 15) is 9.18 Å². The Bertz CT molecular complexity index is 944. The Labute approximate surface area is 178 Å². The lowest BCUT2D eigenvalue weighted by atomic mass is 9.88. The molecule has 0 saturated carbocycles. The third kappa shape index (κ3) is 3.29. The number of rotatable bonds is 5. The Kier molecular flexibility index (Phi) is 5.02. The fraction of sp³-hybridized carbons (Fsp3) is 0.480. The fourth-order valence-corrected chi connectivity index (χ4v) is 5.83. The average molecular weight is 408 g/mol. The lowest BCUT2D eigenvalue weighted by Gasteiger charge is -2.45. The molecule has 5 heteroatoms. The van der Waals surface area contributed by atoms with Crippen LogP contribution in [0.2, 0.25) is 0 Å². The molecule has 1 saturated heterocycles. The van der Waals surface area contributed by atoms with Gasteiger partial charge in [0.05, 0.1) is 11.4 Å². The first-order chi connectivity index (χ1) is 14.5. The van der Waals surface area contributed by atoms with Gasteiger partial charge in [0.15, 0.2) is 5.78 Å². The maximum absolute atomic E-state index is 13.1. The highest BCUT2D eigenvalue weighted by atomic mass is 19.1. The van der Waals surface area contributed by atoms with Crippen molar-refractivity contribution in [3.63, 3.8) is 0 Å². The number of likely N-dealkylation sites (tertiary alicyclic amines) is 1. The van der Waals surface area contributed by atoms with Crippen molar-refractivity contribution in [2.75, 3.05) is 43.0 Å². The molecule has 0 aliphatic carbocycles. The highest BCUT2D eigenvalue weighted by molar-refractivity contribution is 5.95. The third-order valence-electron chi connectivity index (χ3n) is 7.19. The van der Waals surface area contributed by atoms with E-state index in [4.69, 9.17) is 0 Å². The predicted molar refractivity (Wildman–Crippen MR) is 119 cm³/mol. The second-order valence-corrected chi connectivity index (χ2v) is 9.15. The Morgan fingerprint density at radius 2 is 1.93 bits per heavy atom. The predicted octanol–water partition coefficient (Wildman–Crippen LogP) is 4.31. The first-order valence-corrected chi connectivity index (χ1v) is 11.2. The van der Waals surface area contributed by atoms with E-state index in [1.165, 1.54) is 35.5 Å². The van der Waals surface area contributed by atoms with E-state index < -0.39 is 0 Å². The van der Waals surface area contributed by atoms with Gasteiger partial charge in [0.25, 0.3) is 0 Å². The standard InChI is InChI=1S/C25H30FN3O/c1-17-15-27(2)23-6-3-5-20-21-16-28(14-12-22(21)29(17)25(20)23)13-4-7-24(30)18-8-10-19(26)11-9-18/h3,5-6,8-11,17,21-22H,4,7,12-16H2,1-2H3/t17?,21-,22-/m0/s1. The number of piperidine rings is 1. The topological polar surface area (TPSA) is 26.8 Å². The smallest absolute Gasteiger partial charge is 0.162 e. The Hall–Kier alpha value is -2.40. The summed E-state index contributed by atoms with van der Waals surface area (Å²) in [7, 11) is 2.20. The molecule has 2 aromatic carbocycles. The molecule has 0 amide bonds. The van der Waals surface area contributed by atoms with Crippen LogP contribution in [0, 0.1) is 5.82 Å². The first-order valence-electron chi connectivity index (χ1n) is 11.2. The van der Waals surface area contributed by atoms with Crippen molar-refractivity contribution in [3.8, 4) is 0 Å². The monoisotopic (exact) mass is 407 g/mol. The number of Topliss-reactive ketones (excluding diaryl/α,β-unsaturated/α-hetero) is 1. The van der Waals surface area contributed by atoms with Gasteiger partial charge < -0.3 is 14.7 Å². The van der Waals surface area contributed by atoms with Crippen LogP contribution in [0.5, 0.6) is 0 Å². The Balaban J connectivity index is 1.24. The molecule has 1 fully saturated rings. The van der Waals surface area contributed by atoms with E-state index >= 15 is 0 Å². The van der Waals surface area contributed by atoms with Crippen LogP contribution in [0.15, 0.2) is 42.5 Å². The second-order valence-electron chi connectivity index (χ2n) is 9.15. The largest absolute Gasteiger partial charge is 0.371 e. The van der Waals surface area contributed by atoms with Crippen molar-refractivity contribution >= 4 is 17.2 Å². The molecule has 3 atom stereocenters. The molecule has 0 bridgehead atoms. The van der Waals surface area contributed by atoms with E-state index in [1.54, 1.807) is 12.1 Å². The van der Waals surface area contributed by atoms with Gasteiger partial charge in [0.2, 0.25) is 0 Å². The normalized spacial score (nSPS) is 25.2. The van der Waals surface area contributed by atoms with Gasteiger partial charge in [-0.2, -0.15) is 0 Å². The zero-order chi connectivity index (χ0) is 20.8. The molecule has 0 spiro atoms. The van der Waals surface area contributed by atoms with Crippen molar-refractivity contribution in [1.29, 1.82) is 0 Å². The van der Waals surface area contributed by atoms with Gasteiger partial charge in [0, 0.05) is 56.7 Å². The van der Waals surface area contributed by atoms with Crippen LogP contribution in [0.3, 0.4) is 0 Å². The van der Waals surface area contributed by atoms with Crippen LogP contribution < -0.4 is 9.80 Å². The molecule has 4 nitrogen and oxygen atoms in total. The van der Waals surface area contributed by atoms with Gasteiger partial charge in [0.1, 0.15) is 5.82 Å². The summed E-state index contributed by atoms with van der Waals surface area (Å²) >= 11 is 0. The molecular weight excluding hydrogens is 377 g/mol. The molecule has 1 unspecified atom stereocenters. The van der Waals surface area contributed by atoms with Gasteiger partial charge in [-0.15, -0.1) is 0 Å². The molecule has 2 aromatic rings. The van der Waals surface area contributed by atoms with Crippen LogP contribution >= 0.6 is 0 Å². The number of nitrogens with zero attached hydrogens (tertiary/aromatic N) is 3. The molecule has 3 heterocycles. The van der Waals surface area contributed by atoms with E-state index in [0.717, 1.165) is 32.6 Å². The lowest BCUT2D eigenvalue weighted by molar-refractivity contribution is 0.0971. The van der Waals surface area contributed by atoms with Gasteiger partial charge >= 0.3 is 0 Å². The zero-order valence-corrected chi connectivity index (χ0v) is 17.9. The number of anilines is 2. The molecule has 3 aliphatic heterocycles.